The first kappa shape index (κ1) is 17.7. The van der Waals surface area contributed by atoms with E-state index in [0.29, 0.717) is 24.0 Å². The Labute approximate surface area is 141 Å². The average Bonchev–Trinajstić information content (AvgIpc) is 2.59. The number of phenols is 2. The quantitative estimate of drug-likeness (QED) is 0.457. The summed E-state index contributed by atoms with van der Waals surface area (Å²) >= 11 is 0. The number of hydrogen-bond acceptors (Lipinski definition) is 4. The Morgan fingerprint density at radius 3 is 2.12 bits per heavy atom. The number of hydrogen-bond donors (Lipinski definition) is 2. The molecule has 0 spiro atoms. The third kappa shape index (κ3) is 3.48. The van der Waals surface area contributed by atoms with Crippen LogP contribution in [0.15, 0.2) is 36.4 Å². The minimum Gasteiger partial charge on any atom is -0.504 e. The number of carbonyl (C=O) groups is 2. The Morgan fingerprint density at radius 1 is 0.833 bits per heavy atom. The fourth-order valence-corrected chi connectivity index (χ4v) is 2.81. The van der Waals surface area contributed by atoms with Gasteiger partial charge in [0.25, 0.3) is 0 Å². The summed E-state index contributed by atoms with van der Waals surface area (Å²) in [5.74, 6) is -1.84. The van der Waals surface area contributed by atoms with E-state index < -0.39 is 11.6 Å². The number of ketones is 2. The summed E-state index contributed by atoms with van der Waals surface area (Å²) in [6.45, 7) is 3.91. The van der Waals surface area contributed by atoms with Crippen molar-refractivity contribution in [3.63, 3.8) is 0 Å². The Hall–Kier alpha value is -2.62. The molecule has 2 aromatic carbocycles. The van der Waals surface area contributed by atoms with Crippen molar-refractivity contribution in [3.8, 4) is 11.5 Å². The fraction of sp³-hybridized carbons (Fsp3) is 0.300. The third-order valence-corrected chi connectivity index (χ3v) is 3.99. The molecule has 0 aliphatic heterocycles. The van der Waals surface area contributed by atoms with Crippen LogP contribution in [-0.2, 0) is 12.8 Å². The van der Waals surface area contributed by atoms with Crippen molar-refractivity contribution in [2.75, 3.05) is 0 Å². The van der Waals surface area contributed by atoms with Gasteiger partial charge in [-0.05, 0) is 30.5 Å². The van der Waals surface area contributed by atoms with Gasteiger partial charge in [0, 0.05) is 16.7 Å². The molecule has 4 heteroatoms. The number of rotatable bonds is 7. The van der Waals surface area contributed by atoms with Gasteiger partial charge >= 0.3 is 0 Å². The second-order valence-corrected chi connectivity index (χ2v) is 5.77. The van der Waals surface area contributed by atoms with E-state index in [1.807, 2.05) is 26.0 Å². The van der Waals surface area contributed by atoms with Crippen LogP contribution in [0.2, 0.25) is 0 Å². The Morgan fingerprint density at radius 2 is 1.46 bits per heavy atom. The zero-order valence-electron chi connectivity index (χ0n) is 14.0. The van der Waals surface area contributed by atoms with E-state index in [4.69, 9.17) is 0 Å². The normalized spacial score (nSPS) is 10.6. The molecule has 0 bridgehead atoms. The summed E-state index contributed by atoms with van der Waals surface area (Å²) in [6.07, 6.45) is 2.68. The van der Waals surface area contributed by atoms with Gasteiger partial charge < -0.3 is 10.2 Å². The lowest BCUT2D eigenvalue weighted by molar-refractivity contribution is 0.0815. The highest BCUT2D eigenvalue weighted by molar-refractivity contribution is 6.49. The van der Waals surface area contributed by atoms with Crippen LogP contribution in [0.4, 0.5) is 0 Å². The summed E-state index contributed by atoms with van der Waals surface area (Å²) in [4.78, 5) is 25.4. The van der Waals surface area contributed by atoms with Crippen molar-refractivity contribution < 1.29 is 19.8 Å². The van der Waals surface area contributed by atoms with Gasteiger partial charge in [-0.2, -0.15) is 0 Å². The summed E-state index contributed by atoms with van der Waals surface area (Å²) in [7, 11) is 0. The Bertz CT molecular complexity index is 762. The molecule has 0 saturated carbocycles. The minimum absolute atomic E-state index is 0.156. The highest BCUT2D eigenvalue weighted by atomic mass is 16.3. The lowest BCUT2D eigenvalue weighted by atomic mass is 9.91. The smallest absolute Gasteiger partial charge is 0.233 e. The zero-order valence-corrected chi connectivity index (χ0v) is 14.0. The van der Waals surface area contributed by atoms with E-state index in [1.165, 1.54) is 12.1 Å². The molecule has 0 aromatic heterocycles. The van der Waals surface area contributed by atoms with E-state index in [1.54, 1.807) is 12.1 Å². The van der Waals surface area contributed by atoms with Gasteiger partial charge in [-0.25, -0.2) is 0 Å². The summed E-state index contributed by atoms with van der Waals surface area (Å²) in [6, 6.07) is 9.74. The lowest BCUT2D eigenvalue weighted by Crippen LogP contribution is -2.18. The lowest BCUT2D eigenvalue weighted by Gasteiger charge is -2.12. The number of phenolic OH excluding ortho intramolecular Hbond substituents is 2. The molecule has 2 aromatic rings. The fourth-order valence-electron chi connectivity index (χ4n) is 2.81. The maximum Gasteiger partial charge on any atom is 0.233 e. The van der Waals surface area contributed by atoms with Crippen LogP contribution in [0.5, 0.6) is 11.5 Å². The predicted molar refractivity (Wildman–Crippen MR) is 92.9 cm³/mol. The molecule has 0 heterocycles. The van der Waals surface area contributed by atoms with Gasteiger partial charge in [-0.1, -0.05) is 51.0 Å². The van der Waals surface area contributed by atoms with Gasteiger partial charge in [-0.15, -0.1) is 0 Å². The maximum absolute atomic E-state index is 12.7. The second kappa shape index (κ2) is 7.77. The van der Waals surface area contributed by atoms with Crippen molar-refractivity contribution >= 4 is 11.6 Å². The molecule has 0 aliphatic carbocycles. The first-order valence-corrected chi connectivity index (χ1v) is 8.21. The largest absolute Gasteiger partial charge is 0.504 e. The van der Waals surface area contributed by atoms with Crippen molar-refractivity contribution in [1.29, 1.82) is 0 Å². The average molecular weight is 326 g/mol. The zero-order chi connectivity index (χ0) is 17.7. The summed E-state index contributed by atoms with van der Waals surface area (Å²) in [5.41, 5.74) is 1.73. The van der Waals surface area contributed by atoms with Crippen molar-refractivity contribution in [2.45, 2.75) is 39.5 Å². The van der Waals surface area contributed by atoms with Crippen LogP contribution in [-0.4, -0.2) is 21.8 Å². The molecular formula is C20H22O4. The van der Waals surface area contributed by atoms with E-state index in [0.717, 1.165) is 18.4 Å². The van der Waals surface area contributed by atoms with Crippen molar-refractivity contribution in [2.24, 2.45) is 0 Å². The third-order valence-electron chi connectivity index (χ3n) is 3.99. The van der Waals surface area contributed by atoms with Crippen LogP contribution in [0, 0.1) is 0 Å². The number of Topliss-reactive ketones (excluding diaryl/α,β-unsaturated/α-hetero) is 2. The molecule has 0 saturated heterocycles. The Kier molecular flexibility index (Phi) is 5.74. The molecule has 0 radical (unpaired) electrons. The first-order valence-electron chi connectivity index (χ1n) is 8.21. The number of benzene rings is 2. The van der Waals surface area contributed by atoms with Gasteiger partial charge in [0.1, 0.15) is 0 Å². The molecule has 24 heavy (non-hydrogen) atoms. The molecule has 2 N–H and O–H groups in total. The highest BCUT2D eigenvalue weighted by Crippen LogP contribution is 2.33. The first-order chi connectivity index (χ1) is 11.5. The monoisotopic (exact) mass is 326 g/mol. The summed E-state index contributed by atoms with van der Waals surface area (Å²) in [5, 5.41) is 19.7. The molecular weight excluding hydrogens is 304 g/mol. The molecule has 0 atom stereocenters. The minimum atomic E-state index is -0.655. The maximum atomic E-state index is 12.7. The standard InChI is InChI=1S/C20H22O4/c1-3-7-13-9-5-6-10-14(13)19(23)20(24)16-11-12-17(21)18(22)15(16)8-4-2/h5-6,9-12,21-22H,3-4,7-8H2,1-2H3. The molecule has 126 valence electrons. The predicted octanol–water partition coefficient (Wildman–Crippen LogP) is 4.07. The number of aromatic hydroxyl groups is 2. The van der Waals surface area contributed by atoms with Crippen LogP contribution in [0.1, 0.15) is 58.5 Å². The van der Waals surface area contributed by atoms with Crippen LogP contribution in [0.3, 0.4) is 0 Å². The van der Waals surface area contributed by atoms with E-state index in [2.05, 4.69) is 0 Å². The van der Waals surface area contributed by atoms with E-state index in [-0.39, 0.29) is 17.1 Å². The van der Waals surface area contributed by atoms with Crippen molar-refractivity contribution in [1.82, 2.24) is 0 Å². The van der Waals surface area contributed by atoms with Crippen LogP contribution < -0.4 is 0 Å². The topological polar surface area (TPSA) is 74.6 Å². The highest BCUT2D eigenvalue weighted by Gasteiger charge is 2.25. The number of carbonyl (C=O) groups excluding carboxylic acids is 2. The molecule has 2 rings (SSSR count). The SMILES string of the molecule is CCCc1ccccc1C(=O)C(=O)c1ccc(O)c(O)c1CCC. The van der Waals surface area contributed by atoms with Gasteiger partial charge in [-0.3, -0.25) is 9.59 Å². The second-order valence-electron chi connectivity index (χ2n) is 5.77. The molecule has 0 unspecified atom stereocenters. The molecule has 0 aliphatic rings. The van der Waals surface area contributed by atoms with E-state index in [9.17, 15) is 19.8 Å². The van der Waals surface area contributed by atoms with Crippen LogP contribution in [0.25, 0.3) is 0 Å². The van der Waals surface area contributed by atoms with Gasteiger partial charge in [0.2, 0.25) is 11.6 Å². The van der Waals surface area contributed by atoms with Gasteiger partial charge in [0.05, 0.1) is 0 Å². The molecule has 0 fully saturated rings. The van der Waals surface area contributed by atoms with E-state index >= 15 is 0 Å². The summed E-state index contributed by atoms with van der Waals surface area (Å²) < 4.78 is 0. The molecule has 4 nitrogen and oxygen atoms in total. The molecule has 0 amide bonds. The Balaban J connectivity index is 2.46. The number of aryl methyl sites for hydroxylation is 1. The van der Waals surface area contributed by atoms with Crippen LogP contribution >= 0.6 is 0 Å². The van der Waals surface area contributed by atoms with Gasteiger partial charge in [0.15, 0.2) is 11.5 Å². The van der Waals surface area contributed by atoms with Crippen molar-refractivity contribution in [3.05, 3.63) is 58.7 Å².